The molecule has 0 amide bonds. The molecule has 0 spiro atoms. The summed E-state index contributed by atoms with van der Waals surface area (Å²) in [4.78, 5) is 1.97. The predicted octanol–water partition coefficient (Wildman–Crippen LogP) is 3.38. The lowest BCUT2D eigenvalue weighted by Gasteiger charge is -2.26. The molecular formula is C16H14F2N2. The van der Waals surface area contributed by atoms with Crippen molar-refractivity contribution in [3.63, 3.8) is 0 Å². The van der Waals surface area contributed by atoms with Gasteiger partial charge in [0, 0.05) is 37.0 Å². The van der Waals surface area contributed by atoms with E-state index in [1.54, 1.807) is 0 Å². The first-order valence-corrected chi connectivity index (χ1v) is 6.31. The highest BCUT2D eigenvalue weighted by Gasteiger charge is 2.20. The van der Waals surface area contributed by atoms with Gasteiger partial charge >= 0.3 is 0 Å². The van der Waals surface area contributed by atoms with Gasteiger partial charge < -0.3 is 10.6 Å². The van der Waals surface area contributed by atoms with E-state index in [0.717, 1.165) is 29.3 Å². The summed E-state index contributed by atoms with van der Waals surface area (Å²) in [5, 5.41) is 0. The number of nitrogens with two attached hydrogens (primary N) is 1. The van der Waals surface area contributed by atoms with Gasteiger partial charge in [0.1, 0.15) is 11.6 Å². The Morgan fingerprint density at radius 1 is 1.05 bits per heavy atom. The maximum atomic E-state index is 14.1. The molecule has 0 saturated carbocycles. The van der Waals surface area contributed by atoms with Crippen LogP contribution in [-0.4, -0.2) is 11.9 Å². The molecule has 0 aliphatic carbocycles. The maximum Gasteiger partial charge on any atom is 0.149 e. The van der Waals surface area contributed by atoms with Gasteiger partial charge in [-0.15, -0.1) is 0 Å². The van der Waals surface area contributed by atoms with Crippen LogP contribution in [0.2, 0.25) is 0 Å². The lowest BCUT2D eigenvalue weighted by Crippen LogP contribution is -2.18. The zero-order valence-electron chi connectivity index (χ0n) is 11.0. The number of fused-ring (bicyclic) bond motifs is 1. The molecule has 1 aliphatic heterocycles. The molecule has 2 nitrogen and oxygen atoms in total. The second-order valence-corrected chi connectivity index (χ2v) is 4.97. The fourth-order valence-electron chi connectivity index (χ4n) is 2.51. The molecule has 4 heteroatoms. The molecule has 1 aliphatic rings. The molecule has 2 N–H and O–H groups in total. The van der Waals surface area contributed by atoms with Crippen LogP contribution >= 0.6 is 0 Å². The third-order valence-corrected chi connectivity index (χ3v) is 3.45. The fourth-order valence-corrected chi connectivity index (χ4v) is 2.51. The largest absolute Gasteiger partial charge is 0.396 e. The summed E-state index contributed by atoms with van der Waals surface area (Å²) in [5.74, 6) is -1.34. The van der Waals surface area contributed by atoms with E-state index in [4.69, 9.17) is 5.73 Å². The molecule has 2 aromatic carbocycles. The van der Waals surface area contributed by atoms with E-state index in [9.17, 15) is 8.78 Å². The standard InChI is InChI=1S/C16H14F2N2/c1-20-8-10-4-2-3-5-11(10)13(9-20)12-6-16(19)15(18)7-14(12)17/h2-7,9H,8,19H2,1H3. The highest BCUT2D eigenvalue weighted by molar-refractivity contribution is 5.83. The van der Waals surface area contributed by atoms with Gasteiger partial charge in [-0.2, -0.15) is 0 Å². The van der Waals surface area contributed by atoms with E-state index in [1.807, 2.05) is 42.4 Å². The predicted molar refractivity (Wildman–Crippen MR) is 75.8 cm³/mol. The van der Waals surface area contributed by atoms with Crippen molar-refractivity contribution in [1.82, 2.24) is 4.90 Å². The number of rotatable bonds is 1. The number of benzene rings is 2. The fraction of sp³-hybridized carbons (Fsp3) is 0.125. The summed E-state index contributed by atoms with van der Waals surface area (Å²) in [6, 6.07) is 9.99. The molecule has 20 heavy (non-hydrogen) atoms. The van der Waals surface area contributed by atoms with Crippen LogP contribution in [0, 0.1) is 11.6 Å². The van der Waals surface area contributed by atoms with Crippen molar-refractivity contribution in [3.05, 3.63) is 70.9 Å². The Kier molecular flexibility index (Phi) is 2.93. The summed E-state index contributed by atoms with van der Waals surface area (Å²) in [6.07, 6.45) is 1.86. The van der Waals surface area contributed by atoms with Gasteiger partial charge in [-0.1, -0.05) is 24.3 Å². The van der Waals surface area contributed by atoms with Crippen LogP contribution in [0.3, 0.4) is 0 Å². The molecule has 0 unspecified atom stereocenters. The van der Waals surface area contributed by atoms with Gasteiger partial charge in [-0.05, 0) is 17.2 Å². The van der Waals surface area contributed by atoms with Gasteiger partial charge in [0.25, 0.3) is 0 Å². The zero-order chi connectivity index (χ0) is 14.3. The number of halogens is 2. The summed E-state index contributed by atoms with van der Waals surface area (Å²) in [7, 11) is 1.92. The minimum atomic E-state index is -0.732. The van der Waals surface area contributed by atoms with Gasteiger partial charge in [-0.3, -0.25) is 0 Å². The van der Waals surface area contributed by atoms with Crippen molar-refractivity contribution in [3.8, 4) is 0 Å². The van der Waals surface area contributed by atoms with Crippen LogP contribution in [0.1, 0.15) is 16.7 Å². The minimum Gasteiger partial charge on any atom is -0.396 e. The Morgan fingerprint density at radius 2 is 1.80 bits per heavy atom. The van der Waals surface area contributed by atoms with Crippen LogP contribution in [0.25, 0.3) is 5.57 Å². The Bertz CT molecular complexity index is 708. The summed E-state index contributed by atoms with van der Waals surface area (Å²) in [5.41, 5.74) is 8.62. The van der Waals surface area contributed by atoms with E-state index in [1.165, 1.54) is 6.07 Å². The first-order chi connectivity index (χ1) is 9.56. The summed E-state index contributed by atoms with van der Waals surface area (Å²) >= 11 is 0. The molecular weight excluding hydrogens is 258 g/mol. The Hall–Kier alpha value is -2.36. The number of hydrogen-bond donors (Lipinski definition) is 1. The van der Waals surface area contributed by atoms with Crippen LogP contribution < -0.4 is 5.73 Å². The highest BCUT2D eigenvalue weighted by atomic mass is 19.1. The minimum absolute atomic E-state index is 0.0481. The number of anilines is 1. The third kappa shape index (κ3) is 2.03. The van der Waals surface area contributed by atoms with E-state index < -0.39 is 11.6 Å². The Labute approximate surface area is 116 Å². The maximum absolute atomic E-state index is 14.1. The lowest BCUT2D eigenvalue weighted by atomic mass is 9.91. The van der Waals surface area contributed by atoms with Crippen LogP contribution in [0.4, 0.5) is 14.5 Å². The van der Waals surface area contributed by atoms with Gasteiger partial charge in [0.2, 0.25) is 0 Å². The number of hydrogen-bond acceptors (Lipinski definition) is 2. The van der Waals surface area contributed by atoms with Crippen molar-refractivity contribution in [2.75, 3.05) is 12.8 Å². The van der Waals surface area contributed by atoms with Crippen molar-refractivity contribution in [2.24, 2.45) is 0 Å². The number of nitrogen functional groups attached to an aromatic ring is 1. The van der Waals surface area contributed by atoms with Crippen LogP contribution in [0.15, 0.2) is 42.6 Å². The molecule has 0 aromatic heterocycles. The van der Waals surface area contributed by atoms with Crippen molar-refractivity contribution in [1.29, 1.82) is 0 Å². The smallest absolute Gasteiger partial charge is 0.149 e. The first-order valence-electron chi connectivity index (χ1n) is 6.31. The van der Waals surface area contributed by atoms with E-state index in [0.29, 0.717) is 5.56 Å². The van der Waals surface area contributed by atoms with Gasteiger partial charge in [-0.25, -0.2) is 8.78 Å². The van der Waals surface area contributed by atoms with E-state index in [2.05, 4.69) is 0 Å². The molecule has 0 saturated heterocycles. The Morgan fingerprint density at radius 3 is 2.60 bits per heavy atom. The van der Waals surface area contributed by atoms with Crippen molar-refractivity contribution >= 4 is 11.3 Å². The topological polar surface area (TPSA) is 29.3 Å². The highest BCUT2D eigenvalue weighted by Crippen LogP contribution is 2.33. The molecule has 102 valence electrons. The zero-order valence-corrected chi connectivity index (χ0v) is 11.0. The molecule has 0 atom stereocenters. The molecule has 1 heterocycles. The second kappa shape index (κ2) is 4.63. The van der Waals surface area contributed by atoms with Crippen molar-refractivity contribution < 1.29 is 8.78 Å². The molecule has 2 aromatic rings. The third-order valence-electron chi connectivity index (χ3n) is 3.45. The average Bonchev–Trinajstić information content (AvgIpc) is 2.42. The van der Waals surface area contributed by atoms with Crippen molar-refractivity contribution in [2.45, 2.75) is 6.54 Å². The molecule has 0 fully saturated rings. The van der Waals surface area contributed by atoms with E-state index in [-0.39, 0.29) is 5.69 Å². The molecule has 0 bridgehead atoms. The summed E-state index contributed by atoms with van der Waals surface area (Å²) in [6.45, 7) is 0.762. The number of nitrogens with zero attached hydrogens (tertiary/aromatic N) is 1. The molecule has 0 radical (unpaired) electrons. The summed E-state index contributed by atoms with van der Waals surface area (Å²) < 4.78 is 27.4. The van der Waals surface area contributed by atoms with Crippen LogP contribution in [0.5, 0.6) is 0 Å². The average molecular weight is 272 g/mol. The normalized spacial score (nSPS) is 13.9. The SMILES string of the molecule is CN1C=C(c2cc(N)c(F)cc2F)c2ccccc2C1. The quantitative estimate of drug-likeness (QED) is 0.806. The van der Waals surface area contributed by atoms with Gasteiger partial charge in [0.15, 0.2) is 0 Å². The van der Waals surface area contributed by atoms with Crippen LogP contribution in [-0.2, 0) is 6.54 Å². The first kappa shape index (κ1) is 12.7. The Balaban J connectivity index is 2.21. The monoisotopic (exact) mass is 272 g/mol. The molecule has 3 rings (SSSR count). The lowest BCUT2D eigenvalue weighted by molar-refractivity contribution is 0.445. The second-order valence-electron chi connectivity index (χ2n) is 4.97. The van der Waals surface area contributed by atoms with E-state index >= 15 is 0 Å². The van der Waals surface area contributed by atoms with Gasteiger partial charge in [0.05, 0.1) is 5.69 Å².